The molecule has 0 saturated heterocycles. The SMILES string of the molecule is CC(C)NCC(=O)Nc1ccc(C(F)(F)F)cc1Cl. The topological polar surface area (TPSA) is 41.1 Å². The van der Waals surface area contributed by atoms with E-state index < -0.39 is 11.7 Å². The van der Waals surface area contributed by atoms with E-state index in [2.05, 4.69) is 10.6 Å². The molecule has 0 bridgehead atoms. The fraction of sp³-hybridized carbons (Fsp3) is 0.417. The summed E-state index contributed by atoms with van der Waals surface area (Å²) in [5.74, 6) is -0.365. The lowest BCUT2D eigenvalue weighted by Gasteiger charge is -2.12. The van der Waals surface area contributed by atoms with Gasteiger partial charge in [-0.25, -0.2) is 0 Å². The molecule has 1 rings (SSSR count). The van der Waals surface area contributed by atoms with Crippen molar-refractivity contribution in [2.24, 2.45) is 0 Å². The molecule has 0 spiro atoms. The Bertz CT molecular complexity index is 461. The van der Waals surface area contributed by atoms with Crippen LogP contribution >= 0.6 is 11.6 Å². The van der Waals surface area contributed by atoms with Gasteiger partial charge in [0, 0.05) is 6.04 Å². The second-order valence-electron chi connectivity index (χ2n) is 4.28. The number of alkyl halides is 3. The van der Waals surface area contributed by atoms with Crippen molar-refractivity contribution in [3.63, 3.8) is 0 Å². The highest BCUT2D eigenvalue weighted by atomic mass is 35.5. The standard InChI is InChI=1S/C12H14ClF3N2O/c1-7(2)17-6-11(19)18-10-4-3-8(5-9(10)13)12(14,15)16/h3-5,7,17H,6H2,1-2H3,(H,18,19). The zero-order valence-corrected chi connectivity index (χ0v) is 11.2. The Morgan fingerprint density at radius 3 is 2.47 bits per heavy atom. The van der Waals surface area contributed by atoms with Crippen LogP contribution in [0.5, 0.6) is 0 Å². The summed E-state index contributed by atoms with van der Waals surface area (Å²) in [5, 5.41) is 5.18. The first-order valence-corrected chi connectivity index (χ1v) is 5.98. The summed E-state index contributed by atoms with van der Waals surface area (Å²) in [7, 11) is 0. The Labute approximate surface area is 114 Å². The number of carbonyl (C=O) groups excluding carboxylic acids is 1. The van der Waals surface area contributed by atoms with Crippen LogP contribution < -0.4 is 10.6 Å². The van der Waals surface area contributed by atoms with Crippen molar-refractivity contribution in [2.75, 3.05) is 11.9 Å². The molecule has 3 nitrogen and oxygen atoms in total. The minimum Gasteiger partial charge on any atom is -0.324 e. The van der Waals surface area contributed by atoms with Crippen LogP contribution in [0, 0.1) is 0 Å². The summed E-state index contributed by atoms with van der Waals surface area (Å²) < 4.78 is 37.2. The number of rotatable bonds is 4. The van der Waals surface area contributed by atoms with Gasteiger partial charge in [-0.05, 0) is 18.2 Å². The molecule has 0 atom stereocenters. The number of halogens is 4. The molecule has 0 aliphatic carbocycles. The lowest BCUT2D eigenvalue weighted by Crippen LogP contribution is -2.32. The smallest absolute Gasteiger partial charge is 0.324 e. The molecule has 0 aliphatic rings. The molecule has 1 aromatic carbocycles. The molecule has 0 saturated carbocycles. The molecule has 1 amide bonds. The zero-order valence-electron chi connectivity index (χ0n) is 10.4. The molecule has 0 unspecified atom stereocenters. The van der Waals surface area contributed by atoms with Gasteiger partial charge in [-0.3, -0.25) is 4.79 Å². The number of hydrogen-bond donors (Lipinski definition) is 2. The van der Waals surface area contributed by atoms with Crippen molar-refractivity contribution in [3.8, 4) is 0 Å². The van der Waals surface area contributed by atoms with E-state index in [-0.39, 0.29) is 29.2 Å². The van der Waals surface area contributed by atoms with Gasteiger partial charge in [0.05, 0.1) is 22.8 Å². The van der Waals surface area contributed by atoms with Gasteiger partial charge >= 0.3 is 6.18 Å². The highest BCUT2D eigenvalue weighted by Crippen LogP contribution is 2.33. The van der Waals surface area contributed by atoms with Crippen LogP contribution in [0.4, 0.5) is 18.9 Å². The maximum Gasteiger partial charge on any atom is 0.416 e. The van der Waals surface area contributed by atoms with Gasteiger partial charge in [0.1, 0.15) is 0 Å². The Kier molecular flexibility index (Phi) is 5.20. The van der Waals surface area contributed by atoms with Gasteiger partial charge in [0.2, 0.25) is 5.91 Å². The van der Waals surface area contributed by atoms with Crippen molar-refractivity contribution in [1.29, 1.82) is 0 Å². The Morgan fingerprint density at radius 2 is 2.00 bits per heavy atom. The van der Waals surface area contributed by atoms with E-state index in [9.17, 15) is 18.0 Å². The zero-order chi connectivity index (χ0) is 14.6. The van der Waals surface area contributed by atoms with E-state index in [0.717, 1.165) is 18.2 Å². The van der Waals surface area contributed by atoms with E-state index in [1.165, 1.54) is 0 Å². The molecular formula is C12H14ClF3N2O. The van der Waals surface area contributed by atoms with Crippen LogP contribution in [0.25, 0.3) is 0 Å². The number of benzene rings is 1. The third-order valence-electron chi connectivity index (χ3n) is 2.24. The van der Waals surface area contributed by atoms with Crippen LogP contribution in [-0.2, 0) is 11.0 Å². The van der Waals surface area contributed by atoms with Crippen LogP contribution in [0.3, 0.4) is 0 Å². The molecule has 7 heteroatoms. The molecule has 0 heterocycles. The fourth-order valence-electron chi connectivity index (χ4n) is 1.28. The number of amides is 1. The van der Waals surface area contributed by atoms with E-state index in [1.54, 1.807) is 0 Å². The van der Waals surface area contributed by atoms with Crippen LogP contribution in [0.15, 0.2) is 18.2 Å². The van der Waals surface area contributed by atoms with Crippen LogP contribution in [-0.4, -0.2) is 18.5 Å². The fourth-order valence-corrected chi connectivity index (χ4v) is 1.51. The molecule has 0 fully saturated rings. The van der Waals surface area contributed by atoms with Crippen LogP contribution in [0.2, 0.25) is 5.02 Å². The summed E-state index contributed by atoms with van der Waals surface area (Å²) in [5.41, 5.74) is -0.693. The molecule has 106 valence electrons. The predicted octanol–water partition coefficient (Wildman–Crippen LogP) is 3.30. The highest BCUT2D eigenvalue weighted by molar-refractivity contribution is 6.33. The minimum absolute atomic E-state index is 0.0645. The lowest BCUT2D eigenvalue weighted by atomic mass is 10.2. The molecule has 19 heavy (non-hydrogen) atoms. The number of hydrogen-bond acceptors (Lipinski definition) is 2. The third-order valence-corrected chi connectivity index (χ3v) is 2.55. The number of nitrogens with one attached hydrogen (secondary N) is 2. The average Bonchev–Trinajstić information content (AvgIpc) is 2.27. The number of carbonyl (C=O) groups is 1. The molecule has 0 radical (unpaired) electrons. The monoisotopic (exact) mass is 294 g/mol. The lowest BCUT2D eigenvalue weighted by molar-refractivity contribution is -0.137. The molecule has 2 N–H and O–H groups in total. The quantitative estimate of drug-likeness (QED) is 0.894. The van der Waals surface area contributed by atoms with Crippen molar-refractivity contribution in [3.05, 3.63) is 28.8 Å². The first-order chi connectivity index (χ1) is 8.70. The van der Waals surface area contributed by atoms with E-state index in [1.807, 2.05) is 13.8 Å². The average molecular weight is 295 g/mol. The largest absolute Gasteiger partial charge is 0.416 e. The van der Waals surface area contributed by atoms with Crippen molar-refractivity contribution < 1.29 is 18.0 Å². The molecule has 1 aromatic rings. The number of anilines is 1. The maximum absolute atomic E-state index is 12.4. The van der Waals surface area contributed by atoms with E-state index >= 15 is 0 Å². The predicted molar refractivity (Wildman–Crippen MR) is 68.2 cm³/mol. The first kappa shape index (κ1) is 15.8. The summed E-state index contributed by atoms with van der Waals surface area (Å²) in [6.45, 7) is 3.81. The third kappa shape index (κ3) is 5.08. The molecule has 0 aromatic heterocycles. The maximum atomic E-state index is 12.4. The second-order valence-corrected chi connectivity index (χ2v) is 4.68. The summed E-state index contributed by atoms with van der Waals surface area (Å²) in [4.78, 5) is 11.5. The van der Waals surface area contributed by atoms with Gasteiger partial charge in [-0.15, -0.1) is 0 Å². The van der Waals surface area contributed by atoms with Gasteiger partial charge < -0.3 is 10.6 Å². The van der Waals surface area contributed by atoms with Crippen molar-refractivity contribution in [2.45, 2.75) is 26.1 Å². The van der Waals surface area contributed by atoms with Gasteiger partial charge in [-0.1, -0.05) is 25.4 Å². The van der Waals surface area contributed by atoms with Crippen molar-refractivity contribution >= 4 is 23.2 Å². The van der Waals surface area contributed by atoms with Crippen molar-refractivity contribution in [1.82, 2.24) is 5.32 Å². The summed E-state index contributed by atoms with van der Waals surface area (Å²) in [6, 6.07) is 2.93. The second kappa shape index (κ2) is 6.25. The van der Waals surface area contributed by atoms with Gasteiger partial charge in [0.15, 0.2) is 0 Å². The van der Waals surface area contributed by atoms with Crippen LogP contribution in [0.1, 0.15) is 19.4 Å². The van der Waals surface area contributed by atoms with Gasteiger partial charge in [-0.2, -0.15) is 13.2 Å². The van der Waals surface area contributed by atoms with E-state index in [4.69, 9.17) is 11.6 Å². The van der Waals surface area contributed by atoms with E-state index in [0.29, 0.717) is 0 Å². The Hall–Kier alpha value is -1.27. The summed E-state index contributed by atoms with van der Waals surface area (Å²) >= 11 is 5.71. The van der Waals surface area contributed by atoms with Gasteiger partial charge in [0.25, 0.3) is 0 Å². The minimum atomic E-state index is -4.45. The Morgan fingerprint density at radius 1 is 1.37 bits per heavy atom. The summed E-state index contributed by atoms with van der Waals surface area (Å²) in [6.07, 6.45) is -4.45. The normalized spacial score (nSPS) is 11.7. The molecule has 0 aliphatic heterocycles. The molecular weight excluding hydrogens is 281 g/mol. The Balaban J connectivity index is 2.73. The highest BCUT2D eigenvalue weighted by Gasteiger charge is 2.30. The first-order valence-electron chi connectivity index (χ1n) is 5.60.